The van der Waals surface area contributed by atoms with Crippen molar-refractivity contribution >= 4 is 0 Å². The van der Waals surface area contributed by atoms with Crippen LogP contribution in [0, 0.1) is 0 Å². The van der Waals surface area contributed by atoms with Crippen molar-refractivity contribution in [2.75, 3.05) is 39.3 Å². The van der Waals surface area contributed by atoms with E-state index in [1.54, 1.807) is 0 Å². The van der Waals surface area contributed by atoms with E-state index in [9.17, 15) is 0 Å². The van der Waals surface area contributed by atoms with Gasteiger partial charge < -0.3 is 5.32 Å². The predicted octanol–water partition coefficient (Wildman–Crippen LogP) is 1.15. The molecule has 1 atom stereocenters. The highest BCUT2D eigenvalue weighted by Crippen LogP contribution is 2.20. The predicted molar refractivity (Wildman–Crippen MR) is 68.8 cm³/mol. The lowest BCUT2D eigenvalue weighted by atomic mass is 9.99. The minimum Gasteiger partial charge on any atom is -0.310 e. The number of piperazine rings is 1. The first kappa shape index (κ1) is 12.3. The molecule has 0 aromatic carbocycles. The summed E-state index contributed by atoms with van der Waals surface area (Å²) in [5.74, 6) is 0. The fourth-order valence-electron chi connectivity index (χ4n) is 3.02. The molecular weight excluding hydrogens is 198 g/mol. The van der Waals surface area contributed by atoms with E-state index in [1.165, 1.54) is 52.1 Å². The Morgan fingerprint density at radius 2 is 1.88 bits per heavy atom. The van der Waals surface area contributed by atoms with E-state index in [2.05, 4.69) is 35.9 Å². The summed E-state index contributed by atoms with van der Waals surface area (Å²) in [5.41, 5.74) is 0.389. The first-order chi connectivity index (χ1) is 7.59. The maximum absolute atomic E-state index is 3.66. The summed E-state index contributed by atoms with van der Waals surface area (Å²) in [6.07, 6.45) is 2.69. The zero-order valence-corrected chi connectivity index (χ0v) is 11.1. The SMILES string of the molecule is CC(C)N1CCN(CC2(C)CCCN2)CC1. The fourth-order valence-corrected chi connectivity index (χ4v) is 3.02. The normalized spacial score (nSPS) is 33.8. The lowest BCUT2D eigenvalue weighted by molar-refractivity contribution is 0.0901. The van der Waals surface area contributed by atoms with Gasteiger partial charge in [0.15, 0.2) is 0 Å². The highest BCUT2D eigenvalue weighted by molar-refractivity contribution is 4.92. The third-order valence-electron chi connectivity index (χ3n) is 4.17. The molecule has 0 aliphatic carbocycles. The van der Waals surface area contributed by atoms with Crippen LogP contribution in [0.3, 0.4) is 0 Å². The summed E-state index contributed by atoms with van der Waals surface area (Å²) in [7, 11) is 0. The molecule has 0 saturated carbocycles. The van der Waals surface area contributed by atoms with Gasteiger partial charge in [-0.3, -0.25) is 9.80 Å². The van der Waals surface area contributed by atoms with Crippen LogP contribution in [0.5, 0.6) is 0 Å². The summed E-state index contributed by atoms with van der Waals surface area (Å²) < 4.78 is 0. The number of nitrogens with zero attached hydrogens (tertiary/aromatic N) is 2. The maximum Gasteiger partial charge on any atom is 0.0280 e. The molecule has 3 heteroatoms. The van der Waals surface area contributed by atoms with Crippen molar-refractivity contribution in [3.05, 3.63) is 0 Å². The van der Waals surface area contributed by atoms with Gasteiger partial charge in [-0.2, -0.15) is 0 Å². The van der Waals surface area contributed by atoms with E-state index in [-0.39, 0.29) is 0 Å². The van der Waals surface area contributed by atoms with Gasteiger partial charge in [-0.15, -0.1) is 0 Å². The topological polar surface area (TPSA) is 18.5 Å². The highest BCUT2D eigenvalue weighted by Gasteiger charge is 2.31. The quantitative estimate of drug-likeness (QED) is 0.777. The first-order valence-corrected chi connectivity index (χ1v) is 6.80. The van der Waals surface area contributed by atoms with Gasteiger partial charge in [0.05, 0.1) is 0 Å². The summed E-state index contributed by atoms with van der Waals surface area (Å²) in [6.45, 7) is 14.4. The molecule has 2 rings (SSSR count). The molecule has 1 unspecified atom stereocenters. The average molecular weight is 225 g/mol. The van der Waals surface area contributed by atoms with Gasteiger partial charge in [0.1, 0.15) is 0 Å². The third kappa shape index (κ3) is 2.96. The van der Waals surface area contributed by atoms with Gasteiger partial charge in [0.2, 0.25) is 0 Å². The number of nitrogens with one attached hydrogen (secondary N) is 1. The zero-order chi connectivity index (χ0) is 11.6. The summed E-state index contributed by atoms with van der Waals surface area (Å²) in [6, 6.07) is 0.711. The molecule has 16 heavy (non-hydrogen) atoms. The standard InChI is InChI=1S/C13H27N3/c1-12(2)16-9-7-15(8-10-16)11-13(3)5-4-6-14-13/h12,14H,4-11H2,1-3H3. The first-order valence-electron chi connectivity index (χ1n) is 6.80. The summed E-state index contributed by atoms with van der Waals surface area (Å²) >= 11 is 0. The van der Waals surface area contributed by atoms with Gasteiger partial charge in [0, 0.05) is 44.3 Å². The van der Waals surface area contributed by atoms with Crippen molar-refractivity contribution in [3.8, 4) is 0 Å². The van der Waals surface area contributed by atoms with Crippen LogP contribution in [0.4, 0.5) is 0 Å². The van der Waals surface area contributed by atoms with Crippen molar-refractivity contribution in [2.24, 2.45) is 0 Å². The van der Waals surface area contributed by atoms with E-state index >= 15 is 0 Å². The van der Waals surface area contributed by atoms with Crippen LogP contribution in [-0.4, -0.2) is 60.6 Å². The van der Waals surface area contributed by atoms with Gasteiger partial charge >= 0.3 is 0 Å². The molecule has 0 bridgehead atoms. The molecule has 0 amide bonds. The molecular formula is C13H27N3. The highest BCUT2D eigenvalue weighted by atomic mass is 15.3. The van der Waals surface area contributed by atoms with Crippen LogP contribution in [0.25, 0.3) is 0 Å². The maximum atomic E-state index is 3.66. The second-order valence-electron chi connectivity index (χ2n) is 6.00. The second-order valence-corrected chi connectivity index (χ2v) is 6.00. The van der Waals surface area contributed by atoms with E-state index in [0.29, 0.717) is 11.6 Å². The van der Waals surface area contributed by atoms with Gasteiger partial charge in [-0.05, 0) is 40.2 Å². The van der Waals surface area contributed by atoms with Gasteiger partial charge in [0.25, 0.3) is 0 Å². The van der Waals surface area contributed by atoms with Crippen molar-refractivity contribution in [3.63, 3.8) is 0 Å². The molecule has 3 nitrogen and oxygen atoms in total. The Hall–Kier alpha value is -0.120. The molecule has 2 saturated heterocycles. The molecule has 2 aliphatic rings. The van der Waals surface area contributed by atoms with E-state index in [0.717, 1.165) is 0 Å². The van der Waals surface area contributed by atoms with Crippen LogP contribution in [0.2, 0.25) is 0 Å². The molecule has 94 valence electrons. The number of hydrogen-bond acceptors (Lipinski definition) is 3. The van der Waals surface area contributed by atoms with E-state index < -0.39 is 0 Å². The lowest BCUT2D eigenvalue weighted by Crippen LogP contribution is -2.54. The van der Waals surface area contributed by atoms with E-state index in [4.69, 9.17) is 0 Å². The van der Waals surface area contributed by atoms with Crippen molar-refractivity contribution in [2.45, 2.75) is 45.2 Å². The Morgan fingerprint density at radius 3 is 2.38 bits per heavy atom. The Kier molecular flexibility index (Phi) is 3.88. The average Bonchev–Trinajstić information content (AvgIpc) is 2.65. The monoisotopic (exact) mass is 225 g/mol. The Balaban J connectivity index is 1.76. The Bertz CT molecular complexity index is 213. The van der Waals surface area contributed by atoms with Gasteiger partial charge in [-0.1, -0.05) is 0 Å². The number of hydrogen-bond donors (Lipinski definition) is 1. The van der Waals surface area contributed by atoms with Crippen LogP contribution in [-0.2, 0) is 0 Å². The molecule has 2 aliphatic heterocycles. The smallest absolute Gasteiger partial charge is 0.0280 e. The molecule has 0 aromatic heterocycles. The van der Waals surface area contributed by atoms with Crippen molar-refractivity contribution < 1.29 is 0 Å². The minimum absolute atomic E-state index is 0.389. The zero-order valence-electron chi connectivity index (χ0n) is 11.1. The molecule has 0 aromatic rings. The summed E-state index contributed by atoms with van der Waals surface area (Å²) in [5, 5.41) is 3.66. The molecule has 0 radical (unpaired) electrons. The lowest BCUT2D eigenvalue weighted by Gasteiger charge is -2.40. The largest absolute Gasteiger partial charge is 0.310 e. The number of rotatable bonds is 3. The van der Waals surface area contributed by atoms with Gasteiger partial charge in [-0.25, -0.2) is 0 Å². The van der Waals surface area contributed by atoms with Crippen LogP contribution in [0.15, 0.2) is 0 Å². The minimum atomic E-state index is 0.389. The summed E-state index contributed by atoms with van der Waals surface area (Å²) in [4.78, 5) is 5.22. The molecule has 2 fully saturated rings. The Labute approximate surface area is 100 Å². The second kappa shape index (κ2) is 5.03. The molecule has 2 heterocycles. The van der Waals surface area contributed by atoms with Crippen LogP contribution in [0.1, 0.15) is 33.6 Å². The molecule has 1 N–H and O–H groups in total. The van der Waals surface area contributed by atoms with E-state index in [1.807, 2.05) is 0 Å². The van der Waals surface area contributed by atoms with Crippen molar-refractivity contribution in [1.29, 1.82) is 0 Å². The Morgan fingerprint density at radius 1 is 1.19 bits per heavy atom. The molecule has 0 spiro atoms. The third-order valence-corrected chi connectivity index (χ3v) is 4.17. The van der Waals surface area contributed by atoms with Crippen LogP contribution >= 0.6 is 0 Å². The van der Waals surface area contributed by atoms with Crippen molar-refractivity contribution in [1.82, 2.24) is 15.1 Å². The fraction of sp³-hybridized carbons (Fsp3) is 1.00. The van der Waals surface area contributed by atoms with Crippen LogP contribution < -0.4 is 5.32 Å².